The van der Waals surface area contributed by atoms with Gasteiger partial charge in [0.2, 0.25) is 0 Å². The van der Waals surface area contributed by atoms with Crippen molar-refractivity contribution in [2.24, 2.45) is 4.99 Å². The van der Waals surface area contributed by atoms with Crippen molar-refractivity contribution in [1.29, 1.82) is 0 Å². The number of nitrogens with one attached hydrogen (secondary N) is 1. The summed E-state index contributed by atoms with van der Waals surface area (Å²) in [6.45, 7) is 0. The quantitative estimate of drug-likeness (QED) is 0.629. The molecule has 0 aromatic heterocycles. The van der Waals surface area contributed by atoms with Gasteiger partial charge in [0, 0.05) is 4.47 Å². The van der Waals surface area contributed by atoms with Gasteiger partial charge in [0.1, 0.15) is 0 Å². The maximum Gasteiger partial charge on any atom is 0.264 e. The molecule has 23 heavy (non-hydrogen) atoms. The van der Waals surface area contributed by atoms with E-state index in [0.29, 0.717) is 20.1 Å². The second-order valence-corrected chi connectivity index (χ2v) is 7.40. The third kappa shape index (κ3) is 4.18. The molecule has 1 fully saturated rings. The van der Waals surface area contributed by atoms with Gasteiger partial charge in [-0.3, -0.25) is 4.79 Å². The molecule has 0 aliphatic carbocycles. The maximum absolute atomic E-state index is 12.0. The average Bonchev–Trinajstić information content (AvgIpc) is 2.83. The molecule has 0 saturated carbocycles. The molecule has 3 nitrogen and oxygen atoms in total. The number of rotatable bonds is 2. The monoisotopic (exact) mass is 426 g/mol. The molecule has 2 aromatic carbocycles. The Balaban J connectivity index is 1.84. The normalized spacial score (nSPS) is 17.8. The van der Waals surface area contributed by atoms with Gasteiger partial charge < -0.3 is 5.32 Å². The second kappa shape index (κ2) is 7.09. The van der Waals surface area contributed by atoms with Crippen LogP contribution in [0.15, 0.2) is 56.8 Å². The zero-order valence-electron chi connectivity index (χ0n) is 11.5. The van der Waals surface area contributed by atoms with Gasteiger partial charge in [0.05, 0.1) is 20.6 Å². The molecule has 1 saturated heterocycles. The summed E-state index contributed by atoms with van der Waals surface area (Å²) in [6, 6.07) is 12.8. The first kappa shape index (κ1) is 16.6. The molecule has 1 N–H and O–H groups in total. The summed E-state index contributed by atoms with van der Waals surface area (Å²) in [6.07, 6.45) is 1.76. The van der Waals surface area contributed by atoms with E-state index in [4.69, 9.17) is 23.2 Å². The van der Waals surface area contributed by atoms with E-state index in [0.717, 1.165) is 15.7 Å². The summed E-state index contributed by atoms with van der Waals surface area (Å²) >= 11 is 16.6. The number of halogens is 3. The van der Waals surface area contributed by atoms with Crippen molar-refractivity contribution < 1.29 is 4.79 Å². The predicted molar refractivity (Wildman–Crippen MR) is 101 cm³/mol. The highest BCUT2D eigenvalue weighted by Gasteiger charge is 2.23. The molecule has 2 aromatic rings. The Labute approximate surface area is 155 Å². The van der Waals surface area contributed by atoms with Crippen molar-refractivity contribution in [3.8, 4) is 0 Å². The van der Waals surface area contributed by atoms with E-state index >= 15 is 0 Å². The minimum atomic E-state index is -0.185. The van der Waals surface area contributed by atoms with Crippen LogP contribution in [0.1, 0.15) is 5.56 Å². The maximum atomic E-state index is 12.0. The molecule has 1 aliphatic rings. The van der Waals surface area contributed by atoms with Crippen LogP contribution in [0.4, 0.5) is 5.69 Å². The molecular weight excluding hydrogens is 419 g/mol. The number of aliphatic imine (C=N–C) groups is 1. The highest BCUT2D eigenvalue weighted by Crippen LogP contribution is 2.30. The summed E-state index contributed by atoms with van der Waals surface area (Å²) in [7, 11) is 0. The first-order chi connectivity index (χ1) is 11.0. The van der Waals surface area contributed by atoms with Gasteiger partial charge in [0.15, 0.2) is 5.17 Å². The molecule has 116 valence electrons. The number of hydrogen-bond donors (Lipinski definition) is 1. The Hall–Kier alpha value is -1.27. The smallest absolute Gasteiger partial charge is 0.264 e. The van der Waals surface area contributed by atoms with Crippen molar-refractivity contribution in [3.63, 3.8) is 0 Å². The summed E-state index contributed by atoms with van der Waals surface area (Å²) in [5.41, 5.74) is 1.57. The minimum absolute atomic E-state index is 0.185. The zero-order chi connectivity index (χ0) is 16.4. The van der Waals surface area contributed by atoms with E-state index in [1.807, 2.05) is 24.3 Å². The largest absolute Gasteiger partial charge is 0.300 e. The molecule has 3 rings (SSSR count). The van der Waals surface area contributed by atoms with Crippen molar-refractivity contribution in [3.05, 3.63) is 67.5 Å². The first-order valence-corrected chi connectivity index (χ1v) is 8.88. The van der Waals surface area contributed by atoms with Crippen LogP contribution in [0, 0.1) is 0 Å². The van der Waals surface area contributed by atoms with Gasteiger partial charge >= 0.3 is 0 Å². The molecule has 0 bridgehead atoms. The number of carbonyl (C=O) groups is 1. The number of amidine groups is 1. The van der Waals surface area contributed by atoms with Gasteiger partial charge in [-0.15, -0.1) is 0 Å². The van der Waals surface area contributed by atoms with Gasteiger partial charge in [-0.1, -0.05) is 51.3 Å². The molecule has 1 heterocycles. The second-order valence-electron chi connectivity index (χ2n) is 4.64. The molecule has 0 unspecified atom stereocenters. The van der Waals surface area contributed by atoms with E-state index in [1.54, 1.807) is 24.3 Å². The lowest BCUT2D eigenvalue weighted by molar-refractivity contribution is -0.115. The van der Waals surface area contributed by atoms with E-state index < -0.39 is 0 Å². The lowest BCUT2D eigenvalue weighted by Gasteiger charge is -1.98. The Morgan fingerprint density at radius 3 is 2.70 bits per heavy atom. The minimum Gasteiger partial charge on any atom is -0.300 e. The SMILES string of the molecule is O=C1NC(=Nc2cccc(Br)c2)S/C1=C\c1ccc(Cl)c(Cl)c1. The van der Waals surface area contributed by atoms with Crippen LogP contribution in [0.3, 0.4) is 0 Å². The molecule has 7 heteroatoms. The van der Waals surface area contributed by atoms with Crippen molar-refractivity contribution in [2.75, 3.05) is 0 Å². The molecular formula is C16H9BrCl2N2OS. The van der Waals surface area contributed by atoms with Crippen molar-refractivity contribution in [2.45, 2.75) is 0 Å². The molecule has 1 aliphatic heterocycles. The van der Waals surface area contributed by atoms with Gasteiger partial charge in [-0.25, -0.2) is 4.99 Å². The number of amides is 1. The highest BCUT2D eigenvalue weighted by atomic mass is 79.9. The lowest BCUT2D eigenvalue weighted by atomic mass is 10.2. The zero-order valence-corrected chi connectivity index (χ0v) is 15.4. The topological polar surface area (TPSA) is 41.5 Å². The van der Waals surface area contributed by atoms with E-state index in [2.05, 4.69) is 26.2 Å². The fourth-order valence-electron chi connectivity index (χ4n) is 1.90. The van der Waals surface area contributed by atoms with Crippen LogP contribution < -0.4 is 5.32 Å². The first-order valence-electron chi connectivity index (χ1n) is 6.51. The Kier molecular flexibility index (Phi) is 5.11. The van der Waals surface area contributed by atoms with Gasteiger partial charge in [-0.05, 0) is 53.7 Å². The highest BCUT2D eigenvalue weighted by molar-refractivity contribution is 9.10. The van der Waals surface area contributed by atoms with Crippen LogP contribution in [-0.2, 0) is 4.79 Å². The Bertz CT molecular complexity index is 852. The van der Waals surface area contributed by atoms with Crippen molar-refractivity contribution >= 4 is 73.7 Å². The average molecular weight is 428 g/mol. The number of benzene rings is 2. The number of nitrogens with zero attached hydrogens (tertiary/aromatic N) is 1. The van der Waals surface area contributed by atoms with Crippen LogP contribution in [0.5, 0.6) is 0 Å². The summed E-state index contributed by atoms with van der Waals surface area (Å²) in [5, 5.41) is 4.22. The molecule has 0 atom stereocenters. The number of carbonyl (C=O) groups excluding carboxylic acids is 1. The van der Waals surface area contributed by atoms with E-state index in [1.165, 1.54) is 11.8 Å². The van der Waals surface area contributed by atoms with Crippen LogP contribution in [0.2, 0.25) is 10.0 Å². The number of hydrogen-bond acceptors (Lipinski definition) is 3. The molecule has 0 spiro atoms. The third-order valence-electron chi connectivity index (χ3n) is 2.93. The number of thioether (sulfide) groups is 1. The van der Waals surface area contributed by atoms with Gasteiger partial charge in [-0.2, -0.15) is 0 Å². The lowest BCUT2D eigenvalue weighted by Crippen LogP contribution is -2.19. The molecule has 0 radical (unpaired) electrons. The summed E-state index contributed by atoms with van der Waals surface area (Å²) in [5.74, 6) is -0.185. The van der Waals surface area contributed by atoms with Crippen LogP contribution in [-0.4, -0.2) is 11.1 Å². The fraction of sp³-hybridized carbons (Fsp3) is 0. The predicted octanol–water partition coefficient (Wildman–Crippen LogP) is 5.65. The van der Waals surface area contributed by atoms with E-state index in [9.17, 15) is 4.79 Å². The Morgan fingerprint density at radius 2 is 1.96 bits per heavy atom. The van der Waals surface area contributed by atoms with Gasteiger partial charge in [0.25, 0.3) is 5.91 Å². The van der Waals surface area contributed by atoms with Crippen LogP contribution in [0.25, 0.3) is 6.08 Å². The third-order valence-corrected chi connectivity index (χ3v) is 5.07. The van der Waals surface area contributed by atoms with E-state index in [-0.39, 0.29) is 5.91 Å². The Morgan fingerprint density at radius 1 is 1.13 bits per heavy atom. The standard InChI is InChI=1S/C16H9BrCl2N2OS/c17-10-2-1-3-11(8-10)20-16-21-15(22)14(23-16)7-9-4-5-12(18)13(19)6-9/h1-8H,(H,20,21,22)/b14-7-. The summed E-state index contributed by atoms with van der Waals surface area (Å²) < 4.78 is 0.931. The molecule has 1 amide bonds. The summed E-state index contributed by atoms with van der Waals surface area (Å²) in [4.78, 5) is 17.0. The van der Waals surface area contributed by atoms with Crippen molar-refractivity contribution in [1.82, 2.24) is 5.32 Å². The fourth-order valence-corrected chi connectivity index (χ4v) is 3.43. The van der Waals surface area contributed by atoms with Crippen LogP contribution >= 0.6 is 50.9 Å².